The van der Waals surface area contributed by atoms with Crippen molar-refractivity contribution < 1.29 is 9.47 Å². The van der Waals surface area contributed by atoms with E-state index < -0.39 is 0 Å². The predicted octanol–water partition coefficient (Wildman–Crippen LogP) is 3.81. The van der Waals surface area contributed by atoms with Gasteiger partial charge in [-0.1, -0.05) is 27.5 Å². The molecule has 78 valence electrons. The molecule has 0 saturated heterocycles. The van der Waals surface area contributed by atoms with Gasteiger partial charge in [0, 0.05) is 15.9 Å². The van der Waals surface area contributed by atoms with Gasteiger partial charge in [-0.25, -0.2) is 0 Å². The number of halogens is 2. The monoisotopic (exact) mass is 278 g/mol. The first-order valence-corrected chi connectivity index (χ1v) is 5.45. The Bertz CT molecular complexity index is 326. The lowest BCUT2D eigenvalue weighted by molar-refractivity contribution is 0.354. The van der Waals surface area contributed by atoms with Crippen LogP contribution in [-0.2, 0) is 0 Å². The van der Waals surface area contributed by atoms with Gasteiger partial charge in [-0.05, 0) is 18.6 Å². The Morgan fingerprint density at radius 2 is 1.71 bits per heavy atom. The van der Waals surface area contributed by atoms with Crippen LogP contribution in [-0.4, -0.2) is 14.2 Å². The Labute approximate surface area is 97.3 Å². The second kappa shape index (κ2) is 4.89. The fourth-order valence-corrected chi connectivity index (χ4v) is 2.00. The number of benzene rings is 1. The standard InChI is InChI=1S/C10H12BrClO2/c1-6(11)7-4-9(13-2)10(14-3)5-8(7)12/h4-6H,1-3H3/t6-/m0/s1. The summed E-state index contributed by atoms with van der Waals surface area (Å²) in [5.74, 6) is 1.34. The molecule has 0 aliphatic rings. The van der Waals surface area contributed by atoms with Crippen LogP contribution in [0.2, 0.25) is 5.02 Å². The molecule has 0 aliphatic carbocycles. The van der Waals surface area contributed by atoms with Crippen LogP contribution in [0.1, 0.15) is 17.3 Å². The molecule has 1 rings (SSSR count). The van der Waals surface area contributed by atoms with E-state index in [-0.39, 0.29) is 4.83 Å². The fourth-order valence-electron chi connectivity index (χ4n) is 1.17. The van der Waals surface area contributed by atoms with Gasteiger partial charge in [0.05, 0.1) is 14.2 Å². The van der Waals surface area contributed by atoms with Gasteiger partial charge in [0.25, 0.3) is 0 Å². The molecule has 1 atom stereocenters. The molecule has 0 bridgehead atoms. The zero-order valence-corrected chi connectivity index (χ0v) is 10.6. The van der Waals surface area contributed by atoms with Crippen LogP contribution in [0.5, 0.6) is 11.5 Å². The fraction of sp³-hybridized carbons (Fsp3) is 0.400. The largest absolute Gasteiger partial charge is 0.493 e. The van der Waals surface area contributed by atoms with Gasteiger partial charge in [-0.2, -0.15) is 0 Å². The third-order valence-corrected chi connectivity index (χ3v) is 2.75. The van der Waals surface area contributed by atoms with Crippen molar-refractivity contribution >= 4 is 27.5 Å². The summed E-state index contributed by atoms with van der Waals surface area (Å²) in [5, 5.41) is 0.673. The van der Waals surface area contributed by atoms with Crippen molar-refractivity contribution in [3.63, 3.8) is 0 Å². The Morgan fingerprint density at radius 1 is 1.21 bits per heavy atom. The van der Waals surface area contributed by atoms with E-state index in [1.807, 2.05) is 13.0 Å². The molecular formula is C10H12BrClO2. The lowest BCUT2D eigenvalue weighted by Gasteiger charge is -2.12. The number of alkyl halides is 1. The van der Waals surface area contributed by atoms with E-state index in [1.54, 1.807) is 20.3 Å². The highest BCUT2D eigenvalue weighted by molar-refractivity contribution is 9.09. The Kier molecular flexibility index (Phi) is 4.08. The molecule has 4 heteroatoms. The number of methoxy groups -OCH3 is 2. The SMILES string of the molecule is COc1cc(Cl)c([C@H](C)Br)cc1OC. The van der Waals surface area contributed by atoms with E-state index in [0.29, 0.717) is 16.5 Å². The third-order valence-electron chi connectivity index (χ3n) is 1.93. The molecule has 0 fully saturated rings. The highest BCUT2D eigenvalue weighted by Gasteiger charge is 2.12. The van der Waals surface area contributed by atoms with E-state index in [4.69, 9.17) is 21.1 Å². The van der Waals surface area contributed by atoms with Crippen LogP contribution in [0, 0.1) is 0 Å². The maximum atomic E-state index is 6.07. The van der Waals surface area contributed by atoms with Gasteiger partial charge in [0.1, 0.15) is 0 Å². The highest BCUT2D eigenvalue weighted by Crippen LogP contribution is 2.37. The molecule has 0 heterocycles. The maximum absolute atomic E-state index is 6.07. The number of hydrogen-bond acceptors (Lipinski definition) is 2. The van der Waals surface area contributed by atoms with Crippen molar-refractivity contribution in [2.45, 2.75) is 11.8 Å². The normalized spacial score (nSPS) is 12.4. The van der Waals surface area contributed by atoms with Gasteiger partial charge < -0.3 is 9.47 Å². The van der Waals surface area contributed by atoms with Crippen molar-refractivity contribution in [1.82, 2.24) is 0 Å². The molecule has 0 saturated carbocycles. The second-order valence-electron chi connectivity index (χ2n) is 2.84. The lowest BCUT2D eigenvalue weighted by atomic mass is 10.1. The van der Waals surface area contributed by atoms with Crippen molar-refractivity contribution in [3.8, 4) is 11.5 Å². The molecule has 2 nitrogen and oxygen atoms in total. The smallest absolute Gasteiger partial charge is 0.162 e. The Morgan fingerprint density at radius 3 is 2.14 bits per heavy atom. The van der Waals surface area contributed by atoms with Crippen LogP contribution >= 0.6 is 27.5 Å². The van der Waals surface area contributed by atoms with E-state index in [2.05, 4.69) is 15.9 Å². The zero-order chi connectivity index (χ0) is 10.7. The van der Waals surface area contributed by atoms with E-state index in [9.17, 15) is 0 Å². The predicted molar refractivity (Wildman–Crippen MR) is 61.9 cm³/mol. The molecule has 0 aliphatic heterocycles. The van der Waals surface area contributed by atoms with Crippen molar-refractivity contribution in [2.75, 3.05) is 14.2 Å². The van der Waals surface area contributed by atoms with Gasteiger partial charge in [0.15, 0.2) is 11.5 Å². The van der Waals surface area contributed by atoms with Crippen LogP contribution in [0.25, 0.3) is 0 Å². The van der Waals surface area contributed by atoms with Crippen LogP contribution in [0.15, 0.2) is 12.1 Å². The third kappa shape index (κ3) is 2.34. The average molecular weight is 280 g/mol. The number of ether oxygens (including phenoxy) is 2. The van der Waals surface area contributed by atoms with Gasteiger partial charge in [-0.3, -0.25) is 0 Å². The molecule has 1 aromatic rings. The Balaban J connectivity index is 3.23. The molecule has 0 radical (unpaired) electrons. The summed E-state index contributed by atoms with van der Waals surface area (Å²) in [5.41, 5.74) is 0.990. The first-order chi connectivity index (χ1) is 6.60. The van der Waals surface area contributed by atoms with Gasteiger partial charge in [0.2, 0.25) is 0 Å². The lowest BCUT2D eigenvalue weighted by Crippen LogP contribution is -1.94. The van der Waals surface area contributed by atoms with Crippen molar-refractivity contribution in [1.29, 1.82) is 0 Å². The van der Waals surface area contributed by atoms with E-state index >= 15 is 0 Å². The molecule has 0 spiro atoms. The van der Waals surface area contributed by atoms with Gasteiger partial charge >= 0.3 is 0 Å². The molecular weight excluding hydrogens is 267 g/mol. The van der Waals surface area contributed by atoms with Gasteiger partial charge in [-0.15, -0.1) is 0 Å². The van der Waals surface area contributed by atoms with E-state index in [0.717, 1.165) is 5.56 Å². The van der Waals surface area contributed by atoms with Crippen LogP contribution < -0.4 is 9.47 Å². The minimum Gasteiger partial charge on any atom is -0.493 e. The molecule has 0 aromatic heterocycles. The molecule has 0 N–H and O–H groups in total. The first kappa shape index (κ1) is 11.7. The van der Waals surface area contributed by atoms with Crippen LogP contribution in [0.4, 0.5) is 0 Å². The summed E-state index contributed by atoms with van der Waals surface area (Å²) >= 11 is 9.53. The molecule has 0 unspecified atom stereocenters. The Hall–Kier alpha value is -0.410. The molecule has 0 amide bonds. The maximum Gasteiger partial charge on any atom is 0.162 e. The summed E-state index contributed by atoms with van der Waals surface area (Å²) < 4.78 is 10.3. The molecule has 1 aromatic carbocycles. The topological polar surface area (TPSA) is 18.5 Å². The second-order valence-corrected chi connectivity index (χ2v) is 4.63. The average Bonchev–Trinajstić information content (AvgIpc) is 2.16. The molecule has 14 heavy (non-hydrogen) atoms. The summed E-state index contributed by atoms with van der Waals surface area (Å²) in [7, 11) is 3.19. The summed E-state index contributed by atoms with van der Waals surface area (Å²) in [6, 6.07) is 3.63. The summed E-state index contributed by atoms with van der Waals surface area (Å²) in [4.78, 5) is 0.190. The highest BCUT2D eigenvalue weighted by atomic mass is 79.9. The zero-order valence-electron chi connectivity index (χ0n) is 8.30. The number of rotatable bonds is 3. The minimum atomic E-state index is 0.190. The van der Waals surface area contributed by atoms with Crippen molar-refractivity contribution in [3.05, 3.63) is 22.7 Å². The minimum absolute atomic E-state index is 0.190. The van der Waals surface area contributed by atoms with Crippen LogP contribution in [0.3, 0.4) is 0 Å². The number of hydrogen-bond donors (Lipinski definition) is 0. The quantitative estimate of drug-likeness (QED) is 0.783. The first-order valence-electron chi connectivity index (χ1n) is 4.15. The van der Waals surface area contributed by atoms with Crippen molar-refractivity contribution in [2.24, 2.45) is 0 Å². The summed E-state index contributed by atoms with van der Waals surface area (Å²) in [6.07, 6.45) is 0. The summed E-state index contributed by atoms with van der Waals surface area (Å²) in [6.45, 7) is 2.01. The van der Waals surface area contributed by atoms with E-state index in [1.165, 1.54) is 0 Å².